The molecule has 2 aromatic rings. The van der Waals surface area contributed by atoms with Crippen LogP contribution in [-0.2, 0) is 0 Å². The largest absolute Gasteiger partial charge is 0.486 e. The zero-order valence-electron chi connectivity index (χ0n) is 14.9. The average Bonchev–Trinajstić information content (AvgIpc) is 2.73. The van der Waals surface area contributed by atoms with Crippen LogP contribution in [0.4, 0.5) is 0 Å². The van der Waals surface area contributed by atoms with E-state index in [1.165, 1.54) is 0 Å². The van der Waals surface area contributed by atoms with E-state index < -0.39 is 0 Å². The van der Waals surface area contributed by atoms with Gasteiger partial charge in [0.25, 0.3) is 0 Å². The van der Waals surface area contributed by atoms with Crippen LogP contribution in [0, 0.1) is 0 Å². The second-order valence-corrected chi connectivity index (χ2v) is 6.28. The molecule has 0 unspecified atom stereocenters. The smallest absolute Gasteiger partial charge is 0.207 e. The Balaban J connectivity index is 1.27. The van der Waals surface area contributed by atoms with Gasteiger partial charge in [0.05, 0.1) is 12.4 Å². The summed E-state index contributed by atoms with van der Waals surface area (Å²) in [4.78, 5) is 0. The normalized spacial score (nSPS) is 14.9. The number of rotatable bonds is 4. The molecule has 4 rings (SSSR count). The second kappa shape index (κ2) is 8.57. The summed E-state index contributed by atoms with van der Waals surface area (Å²) in [5.41, 5.74) is 7.13. The Labute approximate surface area is 167 Å². The molecule has 8 nitrogen and oxygen atoms in total. The topological polar surface area (TPSA) is 85.7 Å². The Morgan fingerprint density at radius 3 is 1.61 bits per heavy atom. The zero-order valence-corrected chi connectivity index (χ0v) is 15.7. The lowest BCUT2D eigenvalue weighted by atomic mass is 10.2. The molecule has 2 aliphatic heterocycles. The van der Waals surface area contributed by atoms with Gasteiger partial charge in [-0.15, -0.1) is 0 Å². The van der Waals surface area contributed by atoms with Gasteiger partial charge in [0.15, 0.2) is 23.0 Å². The molecule has 0 amide bonds. The van der Waals surface area contributed by atoms with E-state index >= 15 is 0 Å². The zero-order chi connectivity index (χ0) is 19.2. The lowest BCUT2D eigenvalue weighted by Crippen LogP contribution is -2.28. The summed E-state index contributed by atoms with van der Waals surface area (Å²) in [5, 5.41) is 8.44. The standard InChI is InChI=1S/C19H18N4O4S/c28-19(22-20-11-13-1-3-15-17(9-13)26-7-5-24-15)23-21-12-14-2-4-16-18(10-14)27-8-6-25-16/h1-4,9-12H,5-8H2,(H2,22,23,28)/b20-11-,21-12-. The fourth-order valence-corrected chi connectivity index (χ4v) is 2.74. The predicted octanol–water partition coefficient (Wildman–Crippen LogP) is 2.06. The van der Waals surface area contributed by atoms with E-state index in [1.807, 2.05) is 36.4 Å². The maximum Gasteiger partial charge on any atom is 0.207 e. The molecule has 0 fully saturated rings. The predicted molar refractivity (Wildman–Crippen MR) is 109 cm³/mol. The van der Waals surface area contributed by atoms with Crippen molar-refractivity contribution in [2.24, 2.45) is 10.2 Å². The van der Waals surface area contributed by atoms with Crippen molar-refractivity contribution in [2.75, 3.05) is 26.4 Å². The molecule has 0 saturated heterocycles. The molecular weight excluding hydrogens is 380 g/mol. The highest BCUT2D eigenvalue weighted by atomic mass is 32.1. The molecular formula is C19H18N4O4S. The highest BCUT2D eigenvalue weighted by Gasteiger charge is 2.11. The summed E-state index contributed by atoms with van der Waals surface area (Å²) in [6, 6.07) is 11.2. The Morgan fingerprint density at radius 2 is 1.14 bits per heavy atom. The Kier molecular flexibility index (Phi) is 5.53. The van der Waals surface area contributed by atoms with Crippen molar-refractivity contribution in [3.63, 3.8) is 0 Å². The first-order chi connectivity index (χ1) is 13.8. The number of hydrogen-bond donors (Lipinski definition) is 2. The highest BCUT2D eigenvalue weighted by molar-refractivity contribution is 7.80. The van der Waals surface area contributed by atoms with Gasteiger partial charge in [-0.3, -0.25) is 10.9 Å². The van der Waals surface area contributed by atoms with Crippen LogP contribution in [0.2, 0.25) is 0 Å². The number of fused-ring (bicyclic) bond motifs is 2. The van der Waals surface area contributed by atoms with Crippen LogP contribution in [0.5, 0.6) is 23.0 Å². The van der Waals surface area contributed by atoms with E-state index in [1.54, 1.807) is 12.4 Å². The van der Waals surface area contributed by atoms with Crippen molar-refractivity contribution in [1.82, 2.24) is 10.9 Å². The minimum absolute atomic E-state index is 0.266. The van der Waals surface area contributed by atoms with Gasteiger partial charge in [0.1, 0.15) is 26.4 Å². The number of thiocarbonyl (C=S) groups is 1. The molecule has 2 aromatic carbocycles. The molecule has 0 aromatic heterocycles. The molecule has 2 heterocycles. The number of benzene rings is 2. The van der Waals surface area contributed by atoms with E-state index in [-0.39, 0.29) is 5.11 Å². The number of ether oxygens (including phenoxy) is 4. The molecule has 28 heavy (non-hydrogen) atoms. The monoisotopic (exact) mass is 398 g/mol. The third kappa shape index (κ3) is 4.49. The Morgan fingerprint density at radius 1 is 0.714 bits per heavy atom. The quantitative estimate of drug-likeness (QED) is 0.463. The molecule has 0 spiro atoms. The summed E-state index contributed by atoms with van der Waals surface area (Å²) in [6.07, 6.45) is 3.27. The number of hydrogen-bond acceptors (Lipinski definition) is 7. The number of nitrogens with one attached hydrogen (secondary N) is 2. The van der Waals surface area contributed by atoms with Gasteiger partial charge in [-0.25, -0.2) is 0 Å². The molecule has 9 heteroatoms. The third-order valence-corrected chi connectivity index (χ3v) is 4.07. The van der Waals surface area contributed by atoms with E-state index in [4.69, 9.17) is 31.2 Å². The van der Waals surface area contributed by atoms with E-state index in [0.29, 0.717) is 37.9 Å². The van der Waals surface area contributed by atoms with Crippen molar-refractivity contribution in [3.8, 4) is 23.0 Å². The van der Waals surface area contributed by atoms with Crippen molar-refractivity contribution in [3.05, 3.63) is 47.5 Å². The van der Waals surface area contributed by atoms with Gasteiger partial charge in [-0.2, -0.15) is 10.2 Å². The van der Waals surface area contributed by atoms with Crippen molar-refractivity contribution in [1.29, 1.82) is 0 Å². The lowest BCUT2D eigenvalue weighted by Gasteiger charge is -2.18. The van der Waals surface area contributed by atoms with Gasteiger partial charge in [-0.1, -0.05) is 0 Å². The summed E-state index contributed by atoms with van der Waals surface area (Å²) in [6.45, 7) is 2.21. The molecule has 2 aliphatic rings. The highest BCUT2D eigenvalue weighted by Crippen LogP contribution is 2.31. The van der Waals surface area contributed by atoms with Gasteiger partial charge in [-0.05, 0) is 59.7 Å². The summed E-state index contributed by atoms with van der Waals surface area (Å²) >= 11 is 5.14. The lowest BCUT2D eigenvalue weighted by molar-refractivity contribution is 0.171. The number of nitrogens with zero attached hydrogens (tertiary/aromatic N) is 2. The Bertz CT molecular complexity index is 859. The molecule has 144 valence electrons. The van der Waals surface area contributed by atoms with Crippen molar-refractivity contribution in [2.45, 2.75) is 0 Å². The maximum absolute atomic E-state index is 5.54. The van der Waals surface area contributed by atoms with E-state index in [0.717, 1.165) is 22.6 Å². The fraction of sp³-hybridized carbons (Fsp3) is 0.211. The summed E-state index contributed by atoms with van der Waals surface area (Å²) in [5.74, 6) is 2.89. The molecule has 2 N–H and O–H groups in total. The first-order valence-corrected chi connectivity index (χ1v) is 9.10. The van der Waals surface area contributed by atoms with Gasteiger partial charge in [0.2, 0.25) is 5.11 Å². The first-order valence-electron chi connectivity index (χ1n) is 8.69. The first kappa shape index (κ1) is 18.1. The van der Waals surface area contributed by atoms with Gasteiger partial charge < -0.3 is 18.9 Å². The summed E-state index contributed by atoms with van der Waals surface area (Å²) in [7, 11) is 0. The average molecular weight is 398 g/mol. The molecule has 0 saturated carbocycles. The number of hydrazone groups is 2. The van der Waals surface area contributed by atoms with Crippen LogP contribution in [0.3, 0.4) is 0 Å². The Hall–Kier alpha value is -3.33. The third-order valence-electron chi connectivity index (χ3n) is 3.89. The molecule has 0 aliphatic carbocycles. The minimum atomic E-state index is 0.266. The summed E-state index contributed by atoms with van der Waals surface area (Å²) < 4.78 is 22.1. The fourth-order valence-electron chi connectivity index (χ4n) is 2.64. The van der Waals surface area contributed by atoms with Gasteiger partial charge in [0, 0.05) is 0 Å². The van der Waals surface area contributed by atoms with Crippen molar-refractivity contribution < 1.29 is 18.9 Å². The van der Waals surface area contributed by atoms with Gasteiger partial charge >= 0.3 is 0 Å². The molecule has 0 radical (unpaired) electrons. The molecule has 0 bridgehead atoms. The second-order valence-electron chi connectivity index (χ2n) is 5.88. The van der Waals surface area contributed by atoms with Crippen LogP contribution in [-0.4, -0.2) is 44.0 Å². The maximum atomic E-state index is 5.54. The minimum Gasteiger partial charge on any atom is -0.486 e. The van der Waals surface area contributed by atoms with Crippen molar-refractivity contribution >= 4 is 29.8 Å². The van der Waals surface area contributed by atoms with E-state index in [2.05, 4.69) is 21.1 Å². The van der Waals surface area contributed by atoms with Crippen LogP contribution in [0.1, 0.15) is 11.1 Å². The van der Waals surface area contributed by atoms with E-state index in [9.17, 15) is 0 Å². The SMILES string of the molecule is S=C(N/N=C\c1ccc2c(c1)OCCO2)N/N=C\c1ccc2c(c1)OCCO2. The van der Waals surface area contributed by atoms with Crippen LogP contribution < -0.4 is 29.8 Å². The molecule has 0 atom stereocenters. The van der Waals surface area contributed by atoms with Crippen LogP contribution >= 0.6 is 12.2 Å². The van der Waals surface area contributed by atoms with Crippen LogP contribution in [0.25, 0.3) is 0 Å². The van der Waals surface area contributed by atoms with Crippen LogP contribution in [0.15, 0.2) is 46.6 Å².